The van der Waals surface area contributed by atoms with E-state index in [1.165, 1.54) is 11.3 Å². The van der Waals surface area contributed by atoms with Crippen LogP contribution in [0.15, 0.2) is 42.6 Å². The van der Waals surface area contributed by atoms with E-state index < -0.39 is 0 Å². The minimum absolute atomic E-state index is 0.191. The number of rotatable bonds is 5. The number of benzene rings is 1. The van der Waals surface area contributed by atoms with E-state index in [1.54, 1.807) is 13.1 Å². The van der Waals surface area contributed by atoms with Crippen molar-refractivity contribution in [3.63, 3.8) is 0 Å². The minimum atomic E-state index is 0.191. The first-order chi connectivity index (χ1) is 14.2. The van der Waals surface area contributed by atoms with Gasteiger partial charge in [0, 0.05) is 31.2 Å². The average molecular weight is 410 g/mol. The fraction of sp³-hybridized carbons (Fsp3) is 0.381. The van der Waals surface area contributed by atoms with Gasteiger partial charge in [0.2, 0.25) is 5.91 Å². The van der Waals surface area contributed by atoms with Crippen LogP contribution in [0.5, 0.6) is 16.7 Å². The van der Waals surface area contributed by atoms with Crippen LogP contribution in [-0.4, -0.2) is 38.9 Å². The van der Waals surface area contributed by atoms with E-state index in [4.69, 9.17) is 9.57 Å². The molecule has 1 aromatic carbocycles. The van der Waals surface area contributed by atoms with Gasteiger partial charge in [-0.3, -0.25) is 4.79 Å². The van der Waals surface area contributed by atoms with Crippen molar-refractivity contribution in [3.8, 4) is 16.7 Å². The van der Waals surface area contributed by atoms with Gasteiger partial charge < -0.3 is 14.5 Å². The summed E-state index contributed by atoms with van der Waals surface area (Å²) in [5, 5.41) is 0.568. The fourth-order valence-corrected chi connectivity index (χ4v) is 5.20. The number of carbonyl (C=O) groups excluding carboxylic acids is 1. The Bertz CT molecular complexity index is 975. The number of carbonyl (C=O) groups is 1. The third-order valence-electron chi connectivity index (χ3n) is 5.61. The van der Waals surface area contributed by atoms with Gasteiger partial charge in [0.15, 0.2) is 5.65 Å². The molecule has 8 heteroatoms. The highest BCUT2D eigenvalue weighted by atomic mass is 32.1. The van der Waals surface area contributed by atoms with Crippen LogP contribution in [0.1, 0.15) is 32.6 Å². The van der Waals surface area contributed by atoms with Crippen LogP contribution in [-0.2, 0) is 4.79 Å². The van der Waals surface area contributed by atoms with Crippen molar-refractivity contribution in [3.05, 3.63) is 42.6 Å². The number of hydroxylamine groups is 1. The molecule has 5 rings (SSSR count). The number of fused-ring (bicyclic) bond motifs is 3. The number of thiazole rings is 1. The Labute approximate surface area is 172 Å². The maximum Gasteiger partial charge on any atom is 0.281 e. The predicted octanol–water partition coefficient (Wildman–Crippen LogP) is 3.91. The Kier molecular flexibility index (Phi) is 4.81. The average Bonchev–Trinajstić information content (AvgIpc) is 3.25. The first kappa shape index (κ1) is 18.3. The molecule has 29 heavy (non-hydrogen) atoms. The van der Waals surface area contributed by atoms with E-state index in [-0.39, 0.29) is 11.9 Å². The molecule has 4 heterocycles. The molecule has 2 bridgehead atoms. The lowest BCUT2D eigenvalue weighted by Crippen LogP contribution is -2.51. The van der Waals surface area contributed by atoms with Gasteiger partial charge >= 0.3 is 0 Å². The number of pyridine rings is 1. The molecule has 0 spiro atoms. The van der Waals surface area contributed by atoms with Gasteiger partial charge in [0.1, 0.15) is 11.5 Å². The van der Waals surface area contributed by atoms with E-state index in [1.807, 2.05) is 36.4 Å². The Morgan fingerprint density at radius 3 is 2.55 bits per heavy atom. The van der Waals surface area contributed by atoms with E-state index >= 15 is 0 Å². The fourth-order valence-electron chi connectivity index (χ4n) is 4.41. The largest absolute Gasteiger partial charge is 0.431 e. The van der Waals surface area contributed by atoms with Crippen molar-refractivity contribution in [2.24, 2.45) is 0 Å². The molecule has 0 saturated carbocycles. The van der Waals surface area contributed by atoms with E-state index in [9.17, 15) is 4.79 Å². The summed E-state index contributed by atoms with van der Waals surface area (Å²) >= 11 is 1.47. The number of hydrogen-bond donors (Lipinski definition) is 1. The summed E-state index contributed by atoms with van der Waals surface area (Å²) in [7, 11) is 0. The van der Waals surface area contributed by atoms with Crippen LogP contribution in [0.3, 0.4) is 0 Å². The second-order valence-corrected chi connectivity index (χ2v) is 8.57. The molecule has 1 N–H and O–H groups in total. The molecule has 150 valence electrons. The van der Waals surface area contributed by atoms with Crippen LogP contribution >= 0.6 is 11.3 Å². The first-order valence-electron chi connectivity index (χ1n) is 9.86. The maximum absolute atomic E-state index is 11.8. The lowest BCUT2D eigenvalue weighted by Gasteiger charge is -2.38. The Hall–Kier alpha value is -2.71. The summed E-state index contributed by atoms with van der Waals surface area (Å²) in [5.74, 6) is 1.62. The van der Waals surface area contributed by atoms with Crippen LogP contribution < -0.4 is 15.1 Å². The van der Waals surface area contributed by atoms with Gasteiger partial charge in [-0.25, -0.2) is 4.98 Å². The number of aromatic nitrogens is 2. The molecular formula is C21H22N4O3S. The Morgan fingerprint density at radius 1 is 1.14 bits per heavy atom. The zero-order chi connectivity index (χ0) is 19.8. The normalized spacial score (nSPS) is 23.3. The second kappa shape index (κ2) is 7.61. The molecule has 2 aliphatic heterocycles. The number of hydrogen-bond acceptors (Lipinski definition) is 7. The highest BCUT2D eigenvalue weighted by molar-refractivity contribution is 7.20. The Morgan fingerprint density at radius 2 is 1.86 bits per heavy atom. The summed E-state index contributed by atoms with van der Waals surface area (Å²) in [6.07, 6.45) is 5.78. The van der Waals surface area contributed by atoms with Crippen LogP contribution in [0, 0.1) is 0 Å². The lowest BCUT2D eigenvalue weighted by molar-refractivity contribution is -0.133. The summed E-state index contributed by atoms with van der Waals surface area (Å²) in [6, 6.07) is 12.3. The molecule has 0 aliphatic carbocycles. The minimum Gasteiger partial charge on any atom is -0.431 e. The highest BCUT2D eigenvalue weighted by Crippen LogP contribution is 2.36. The third-order valence-corrected chi connectivity index (χ3v) is 6.50. The SMILES string of the molecule is CC(=O)N1[C@@H]2CC[C@H]1C[C@H](NOc1ccc(Oc3nc4ncccc4s3)cc1)C2. The quantitative estimate of drug-likeness (QED) is 0.643. The zero-order valence-electron chi connectivity index (χ0n) is 16.1. The van der Waals surface area contributed by atoms with Crippen molar-refractivity contribution in [1.29, 1.82) is 0 Å². The predicted molar refractivity (Wildman–Crippen MR) is 110 cm³/mol. The molecule has 7 nitrogen and oxygen atoms in total. The van der Waals surface area contributed by atoms with Crippen molar-refractivity contribution < 1.29 is 14.4 Å². The smallest absolute Gasteiger partial charge is 0.281 e. The van der Waals surface area contributed by atoms with Gasteiger partial charge in [-0.1, -0.05) is 11.3 Å². The molecule has 2 saturated heterocycles. The topological polar surface area (TPSA) is 76.6 Å². The van der Waals surface area contributed by atoms with Crippen molar-refractivity contribution >= 4 is 27.6 Å². The monoisotopic (exact) mass is 410 g/mol. The molecule has 1 amide bonds. The number of nitrogens with one attached hydrogen (secondary N) is 1. The maximum atomic E-state index is 11.8. The molecule has 2 fully saturated rings. The summed E-state index contributed by atoms with van der Waals surface area (Å²) < 4.78 is 6.83. The molecule has 2 aliphatic rings. The summed E-state index contributed by atoms with van der Waals surface area (Å²) in [6.45, 7) is 1.67. The lowest BCUT2D eigenvalue weighted by atomic mass is 9.98. The standard InChI is InChI=1S/C21H22N4O3S/c1-13(26)25-15-4-5-16(25)12-14(11-15)24-28-18-8-6-17(7-9-18)27-21-23-20-19(29-21)3-2-10-22-20/h2-3,6-10,14-16,24H,4-5,11-12H2,1H3/t14-,15-,16+. The van der Waals surface area contributed by atoms with E-state index in [2.05, 4.69) is 20.3 Å². The molecule has 3 aromatic rings. The van der Waals surface area contributed by atoms with Crippen LogP contribution in [0.25, 0.3) is 10.3 Å². The second-order valence-electron chi connectivity index (χ2n) is 7.58. The van der Waals surface area contributed by atoms with Gasteiger partial charge in [0.05, 0.1) is 4.70 Å². The van der Waals surface area contributed by atoms with Gasteiger partial charge in [-0.05, 0) is 62.1 Å². The summed E-state index contributed by atoms with van der Waals surface area (Å²) in [4.78, 5) is 28.3. The Balaban J connectivity index is 1.17. The van der Waals surface area contributed by atoms with Crippen molar-refractivity contribution in [2.45, 2.75) is 50.7 Å². The van der Waals surface area contributed by atoms with Crippen LogP contribution in [0.2, 0.25) is 0 Å². The number of amides is 1. The zero-order valence-corrected chi connectivity index (χ0v) is 16.9. The molecule has 0 radical (unpaired) electrons. The van der Waals surface area contributed by atoms with Gasteiger partial charge in [0.25, 0.3) is 5.19 Å². The molecular weight excluding hydrogens is 388 g/mol. The van der Waals surface area contributed by atoms with Crippen LogP contribution in [0.4, 0.5) is 0 Å². The van der Waals surface area contributed by atoms with Crippen molar-refractivity contribution in [2.75, 3.05) is 0 Å². The van der Waals surface area contributed by atoms with Gasteiger partial charge in [-0.15, -0.1) is 0 Å². The van der Waals surface area contributed by atoms with E-state index in [0.717, 1.165) is 36.1 Å². The van der Waals surface area contributed by atoms with Gasteiger partial charge in [-0.2, -0.15) is 10.5 Å². The number of ether oxygens (including phenoxy) is 1. The first-order valence-corrected chi connectivity index (χ1v) is 10.7. The van der Waals surface area contributed by atoms with E-state index in [0.29, 0.717) is 28.7 Å². The van der Waals surface area contributed by atoms with Crippen molar-refractivity contribution in [1.82, 2.24) is 20.3 Å². The highest BCUT2D eigenvalue weighted by Gasteiger charge is 2.42. The molecule has 0 unspecified atom stereocenters. The number of piperidine rings is 1. The molecule has 3 atom stereocenters. The third kappa shape index (κ3) is 3.77. The summed E-state index contributed by atoms with van der Waals surface area (Å²) in [5.41, 5.74) is 3.88. The molecule has 2 aromatic heterocycles. The number of nitrogens with zero attached hydrogens (tertiary/aromatic N) is 3.